The summed E-state index contributed by atoms with van der Waals surface area (Å²) in [5, 5.41) is 2.96. The van der Waals surface area contributed by atoms with E-state index in [0.717, 1.165) is 0 Å². The lowest BCUT2D eigenvalue weighted by molar-refractivity contribution is 0.0995. The standard InChI is InChI=1S/C14H12ClN3O2/c1-8-9(13(16)19)3-2-4-12(8)18-14(20)10-5-6-17-7-11(10)15/h2-7H,1H3,(H2,16,19)(H,18,20). The molecule has 1 heterocycles. The highest BCUT2D eigenvalue weighted by molar-refractivity contribution is 6.34. The quantitative estimate of drug-likeness (QED) is 0.910. The van der Waals surface area contributed by atoms with Crippen molar-refractivity contribution in [3.63, 3.8) is 0 Å². The molecule has 6 heteroatoms. The van der Waals surface area contributed by atoms with Crippen LogP contribution in [-0.4, -0.2) is 16.8 Å². The molecule has 0 atom stereocenters. The maximum Gasteiger partial charge on any atom is 0.257 e. The van der Waals surface area contributed by atoms with Gasteiger partial charge in [0, 0.05) is 23.6 Å². The SMILES string of the molecule is Cc1c(NC(=O)c2ccncc2Cl)cccc1C(N)=O. The largest absolute Gasteiger partial charge is 0.366 e. The number of nitrogens with zero attached hydrogens (tertiary/aromatic N) is 1. The minimum Gasteiger partial charge on any atom is -0.366 e. The van der Waals surface area contributed by atoms with Crippen LogP contribution >= 0.6 is 11.6 Å². The van der Waals surface area contributed by atoms with Crippen molar-refractivity contribution < 1.29 is 9.59 Å². The number of primary amides is 1. The van der Waals surface area contributed by atoms with Crippen LogP contribution in [0, 0.1) is 6.92 Å². The van der Waals surface area contributed by atoms with Gasteiger partial charge < -0.3 is 11.1 Å². The van der Waals surface area contributed by atoms with Gasteiger partial charge in [-0.1, -0.05) is 17.7 Å². The first-order valence-corrected chi connectivity index (χ1v) is 6.18. The summed E-state index contributed by atoms with van der Waals surface area (Å²) in [6.45, 7) is 1.71. The number of aromatic nitrogens is 1. The highest BCUT2D eigenvalue weighted by Gasteiger charge is 2.13. The zero-order valence-electron chi connectivity index (χ0n) is 10.7. The molecule has 2 amide bonds. The second-order valence-electron chi connectivity index (χ2n) is 4.15. The van der Waals surface area contributed by atoms with Crippen LogP contribution < -0.4 is 11.1 Å². The average Bonchev–Trinajstić information content (AvgIpc) is 2.41. The Balaban J connectivity index is 2.32. The van der Waals surface area contributed by atoms with E-state index in [2.05, 4.69) is 10.3 Å². The van der Waals surface area contributed by atoms with E-state index in [1.54, 1.807) is 25.1 Å². The molecule has 0 spiro atoms. The van der Waals surface area contributed by atoms with Gasteiger partial charge in [0.25, 0.3) is 5.91 Å². The Hall–Kier alpha value is -2.40. The van der Waals surface area contributed by atoms with Gasteiger partial charge in [-0.25, -0.2) is 0 Å². The molecule has 5 nitrogen and oxygen atoms in total. The number of rotatable bonds is 3. The summed E-state index contributed by atoms with van der Waals surface area (Å²) in [7, 11) is 0. The van der Waals surface area contributed by atoms with Crippen LogP contribution in [0.15, 0.2) is 36.7 Å². The fourth-order valence-corrected chi connectivity index (χ4v) is 1.99. The van der Waals surface area contributed by atoms with Gasteiger partial charge in [-0.2, -0.15) is 0 Å². The molecule has 0 saturated heterocycles. The van der Waals surface area contributed by atoms with Crippen molar-refractivity contribution >= 4 is 29.1 Å². The molecule has 0 saturated carbocycles. The third kappa shape index (κ3) is 2.78. The Labute approximate surface area is 120 Å². The number of amides is 2. The lowest BCUT2D eigenvalue weighted by Gasteiger charge is -2.11. The number of nitrogens with one attached hydrogen (secondary N) is 1. The summed E-state index contributed by atoms with van der Waals surface area (Å²) in [6, 6.07) is 6.46. The fourth-order valence-electron chi connectivity index (χ4n) is 1.79. The summed E-state index contributed by atoms with van der Waals surface area (Å²) in [5.41, 5.74) is 7.07. The van der Waals surface area contributed by atoms with Crippen LogP contribution in [0.3, 0.4) is 0 Å². The van der Waals surface area contributed by atoms with Crippen LogP contribution in [-0.2, 0) is 0 Å². The molecule has 0 aliphatic heterocycles. The lowest BCUT2D eigenvalue weighted by Crippen LogP contribution is -2.17. The lowest BCUT2D eigenvalue weighted by atomic mass is 10.1. The molecule has 0 fully saturated rings. The van der Waals surface area contributed by atoms with Crippen LogP contribution in [0.25, 0.3) is 0 Å². The second kappa shape index (κ2) is 5.71. The van der Waals surface area contributed by atoms with Gasteiger partial charge in [0.2, 0.25) is 5.91 Å². The molecule has 1 aromatic heterocycles. The first-order chi connectivity index (χ1) is 9.50. The highest BCUT2D eigenvalue weighted by atomic mass is 35.5. The topological polar surface area (TPSA) is 85.1 Å². The van der Waals surface area contributed by atoms with Gasteiger partial charge in [0.05, 0.1) is 10.6 Å². The Kier molecular flexibility index (Phi) is 4.00. The smallest absolute Gasteiger partial charge is 0.257 e. The second-order valence-corrected chi connectivity index (χ2v) is 4.56. The summed E-state index contributed by atoms with van der Waals surface area (Å²) in [4.78, 5) is 27.2. The molecule has 0 bridgehead atoms. The third-order valence-corrected chi connectivity index (χ3v) is 3.17. The van der Waals surface area contributed by atoms with Crippen LogP contribution in [0.5, 0.6) is 0 Å². The van der Waals surface area contributed by atoms with Crippen molar-refractivity contribution in [3.05, 3.63) is 58.4 Å². The van der Waals surface area contributed by atoms with E-state index in [9.17, 15) is 9.59 Å². The predicted octanol–water partition coefficient (Wildman–Crippen LogP) is 2.39. The Bertz CT molecular complexity index is 686. The summed E-state index contributed by atoms with van der Waals surface area (Å²) < 4.78 is 0. The number of nitrogens with two attached hydrogens (primary N) is 1. The number of hydrogen-bond donors (Lipinski definition) is 2. The van der Waals surface area contributed by atoms with Crippen LogP contribution in [0.2, 0.25) is 5.02 Å². The van der Waals surface area contributed by atoms with Crippen molar-refractivity contribution in [2.75, 3.05) is 5.32 Å². The van der Waals surface area contributed by atoms with E-state index >= 15 is 0 Å². The van der Waals surface area contributed by atoms with Crippen molar-refractivity contribution in [2.45, 2.75) is 6.92 Å². The molecule has 0 aliphatic rings. The third-order valence-electron chi connectivity index (χ3n) is 2.86. The normalized spacial score (nSPS) is 10.1. The molecular weight excluding hydrogens is 278 g/mol. The number of carbonyl (C=O) groups excluding carboxylic acids is 2. The molecule has 20 heavy (non-hydrogen) atoms. The van der Waals surface area contributed by atoms with Gasteiger partial charge in [0.15, 0.2) is 0 Å². The zero-order chi connectivity index (χ0) is 14.7. The minimum atomic E-state index is -0.541. The van der Waals surface area contributed by atoms with Gasteiger partial charge in [-0.15, -0.1) is 0 Å². The molecule has 0 aliphatic carbocycles. The van der Waals surface area contributed by atoms with Gasteiger partial charge in [0.1, 0.15) is 0 Å². The van der Waals surface area contributed by atoms with Crippen LogP contribution in [0.1, 0.15) is 26.3 Å². The molecule has 2 rings (SSSR count). The van der Waals surface area contributed by atoms with Crippen LogP contribution in [0.4, 0.5) is 5.69 Å². The van der Waals surface area contributed by atoms with Gasteiger partial charge in [-0.3, -0.25) is 14.6 Å². The number of anilines is 1. The predicted molar refractivity (Wildman–Crippen MR) is 76.9 cm³/mol. The molecule has 0 unspecified atom stereocenters. The number of carbonyl (C=O) groups is 2. The molecular formula is C14H12ClN3O2. The first kappa shape index (κ1) is 14.0. The van der Waals surface area contributed by atoms with Gasteiger partial charge >= 0.3 is 0 Å². The van der Waals surface area contributed by atoms with E-state index in [4.69, 9.17) is 17.3 Å². The monoisotopic (exact) mass is 289 g/mol. The number of pyridine rings is 1. The van der Waals surface area contributed by atoms with Crippen molar-refractivity contribution in [1.82, 2.24) is 4.98 Å². The average molecular weight is 290 g/mol. The van der Waals surface area contributed by atoms with Gasteiger partial charge in [-0.05, 0) is 30.7 Å². The van der Waals surface area contributed by atoms with E-state index < -0.39 is 5.91 Å². The Morgan fingerprint density at radius 3 is 2.65 bits per heavy atom. The maximum absolute atomic E-state index is 12.1. The minimum absolute atomic E-state index is 0.258. The summed E-state index contributed by atoms with van der Waals surface area (Å²) >= 11 is 5.91. The maximum atomic E-state index is 12.1. The summed E-state index contributed by atoms with van der Waals surface area (Å²) in [5.74, 6) is -0.914. The zero-order valence-corrected chi connectivity index (χ0v) is 11.4. The Morgan fingerprint density at radius 1 is 1.25 bits per heavy atom. The molecule has 1 aromatic carbocycles. The van der Waals surface area contributed by atoms with Crippen molar-refractivity contribution in [1.29, 1.82) is 0 Å². The number of hydrogen-bond acceptors (Lipinski definition) is 3. The highest BCUT2D eigenvalue weighted by Crippen LogP contribution is 2.21. The molecule has 0 radical (unpaired) electrons. The van der Waals surface area contributed by atoms with E-state index in [1.807, 2.05) is 0 Å². The molecule has 102 valence electrons. The van der Waals surface area contributed by atoms with E-state index in [1.165, 1.54) is 18.5 Å². The number of benzene rings is 1. The Morgan fingerprint density at radius 2 is 2.00 bits per heavy atom. The van der Waals surface area contributed by atoms with E-state index in [0.29, 0.717) is 22.4 Å². The number of halogens is 1. The molecule has 3 N–H and O–H groups in total. The van der Waals surface area contributed by atoms with E-state index in [-0.39, 0.29) is 10.9 Å². The van der Waals surface area contributed by atoms with Crippen molar-refractivity contribution in [2.24, 2.45) is 5.73 Å². The fraction of sp³-hybridized carbons (Fsp3) is 0.0714. The summed E-state index contributed by atoms with van der Waals surface area (Å²) in [6.07, 6.45) is 2.87. The molecule has 2 aromatic rings. The van der Waals surface area contributed by atoms with Crippen molar-refractivity contribution in [3.8, 4) is 0 Å². The first-order valence-electron chi connectivity index (χ1n) is 5.81.